The predicted molar refractivity (Wildman–Crippen MR) is 37.0 cm³/mol. The van der Waals surface area contributed by atoms with E-state index >= 15 is 0 Å². The Morgan fingerprint density at radius 1 is 0.556 bits per heavy atom. The van der Waals surface area contributed by atoms with Crippen LogP contribution < -0.4 is 0 Å². The lowest BCUT2D eigenvalue weighted by Gasteiger charge is -2.49. The van der Waals surface area contributed by atoms with Gasteiger partial charge in [0.2, 0.25) is 0 Å². The molecule has 0 unspecified atom stereocenters. The van der Waals surface area contributed by atoms with Gasteiger partial charge in [0.1, 0.15) is 0 Å². The molecule has 0 spiro atoms. The number of hydrogen-bond acceptors (Lipinski definition) is 0. The maximum absolute atomic E-state index is 1.60. The highest BCUT2D eigenvalue weighted by atomic mass is 14.6. The van der Waals surface area contributed by atoms with Gasteiger partial charge in [0, 0.05) is 0 Å². The Labute approximate surface area is 56.6 Å². The third-order valence-electron chi connectivity index (χ3n) is 4.11. The summed E-state index contributed by atoms with van der Waals surface area (Å²) in [6, 6.07) is 0. The van der Waals surface area contributed by atoms with Crippen LogP contribution in [0.3, 0.4) is 0 Å². The summed E-state index contributed by atoms with van der Waals surface area (Å²) in [5, 5.41) is 0. The molecule has 0 aliphatic heterocycles. The molecule has 0 aromatic rings. The molecule has 5 saturated carbocycles. The summed E-state index contributed by atoms with van der Waals surface area (Å²) in [7, 11) is 0. The first-order chi connectivity index (χ1) is 4.47. The summed E-state index contributed by atoms with van der Waals surface area (Å²) >= 11 is 0. The molecule has 5 fully saturated rings. The number of rotatable bonds is 0. The van der Waals surface area contributed by atoms with Gasteiger partial charge < -0.3 is 0 Å². The first-order valence-corrected chi connectivity index (χ1v) is 4.47. The Kier molecular flexibility index (Phi) is 0.717. The van der Waals surface area contributed by atoms with Crippen molar-refractivity contribution in [3.63, 3.8) is 0 Å². The summed E-state index contributed by atoms with van der Waals surface area (Å²) in [6.45, 7) is 0. The van der Waals surface area contributed by atoms with E-state index in [0.717, 1.165) is 0 Å². The van der Waals surface area contributed by atoms with Crippen molar-refractivity contribution < 1.29 is 0 Å². The van der Waals surface area contributed by atoms with E-state index in [1.165, 1.54) is 23.7 Å². The van der Waals surface area contributed by atoms with Crippen molar-refractivity contribution in [2.75, 3.05) is 0 Å². The molecular weight excluding hydrogens is 108 g/mol. The van der Waals surface area contributed by atoms with Crippen LogP contribution in [0.2, 0.25) is 0 Å². The van der Waals surface area contributed by atoms with Crippen LogP contribution in [0.1, 0.15) is 32.1 Å². The van der Waals surface area contributed by atoms with Crippen molar-refractivity contribution in [1.82, 2.24) is 0 Å². The molecule has 0 nitrogen and oxygen atoms in total. The molecule has 9 heavy (non-hydrogen) atoms. The normalized spacial score (nSPS) is 61.3. The summed E-state index contributed by atoms with van der Waals surface area (Å²) in [6.07, 6.45) is 7.93. The monoisotopic (exact) mass is 122 g/mol. The van der Waals surface area contributed by atoms with E-state index in [1.807, 2.05) is 0 Å². The van der Waals surface area contributed by atoms with Gasteiger partial charge in [-0.1, -0.05) is 6.42 Å². The van der Waals surface area contributed by atoms with Gasteiger partial charge in [-0.25, -0.2) is 0 Å². The van der Waals surface area contributed by atoms with E-state index in [-0.39, 0.29) is 0 Å². The van der Waals surface area contributed by atoms with Crippen LogP contribution in [0.4, 0.5) is 0 Å². The minimum absolute atomic E-state index is 1.23. The lowest BCUT2D eigenvalue weighted by Crippen LogP contribution is -2.42. The predicted octanol–water partition coefficient (Wildman–Crippen LogP) is 2.44. The summed E-state index contributed by atoms with van der Waals surface area (Å²) in [5.41, 5.74) is 0. The maximum Gasteiger partial charge on any atom is -0.0352 e. The Morgan fingerprint density at radius 3 is 1.44 bits per heavy atom. The third-order valence-corrected chi connectivity index (χ3v) is 4.11. The molecule has 0 aromatic carbocycles. The molecule has 0 heteroatoms. The van der Waals surface area contributed by atoms with Gasteiger partial charge in [-0.3, -0.25) is 0 Å². The van der Waals surface area contributed by atoms with Crippen LogP contribution in [0.5, 0.6) is 0 Å². The minimum Gasteiger partial charge on any atom is -0.0527 e. The summed E-state index contributed by atoms with van der Waals surface area (Å²) in [4.78, 5) is 0. The van der Waals surface area contributed by atoms with E-state index in [2.05, 4.69) is 0 Å². The van der Waals surface area contributed by atoms with Crippen LogP contribution in [-0.2, 0) is 0 Å². The highest BCUT2D eigenvalue weighted by molar-refractivity contribution is 5.05. The average molecular weight is 122 g/mol. The number of fused-ring (bicyclic) bond motifs is 3. The number of hydrogen-bond donors (Lipinski definition) is 0. The fourth-order valence-electron chi connectivity index (χ4n) is 3.81. The van der Waals surface area contributed by atoms with E-state index in [0.29, 0.717) is 0 Å². The standard InChI is InChI=1S/C9H14/c1-2-6-8-4-5-9(6)7(8)3-1/h6-9H,1-5H2. The quantitative estimate of drug-likeness (QED) is 0.463. The average Bonchev–Trinajstić information content (AvgIpc) is 2.48. The molecule has 50 valence electrons. The van der Waals surface area contributed by atoms with E-state index in [9.17, 15) is 0 Å². The minimum atomic E-state index is 1.23. The molecule has 0 aromatic heterocycles. The maximum atomic E-state index is 1.60. The molecular formula is C9H14. The van der Waals surface area contributed by atoms with Gasteiger partial charge in [-0.2, -0.15) is 0 Å². The van der Waals surface area contributed by atoms with Crippen molar-refractivity contribution >= 4 is 0 Å². The van der Waals surface area contributed by atoms with E-state index in [1.54, 1.807) is 32.1 Å². The van der Waals surface area contributed by atoms with Crippen molar-refractivity contribution in [3.05, 3.63) is 0 Å². The lowest BCUT2D eigenvalue weighted by molar-refractivity contribution is -0.00545. The zero-order valence-corrected chi connectivity index (χ0v) is 5.84. The summed E-state index contributed by atoms with van der Waals surface area (Å²) < 4.78 is 0. The van der Waals surface area contributed by atoms with E-state index in [4.69, 9.17) is 0 Å². The zero-order valence-electron chi connectivity index (χ0n) is 5.84. The Balaban J connectivity index is 1.94. The van der Waals surface area contributed by atoms with Crippen LogP contribution in [0.25, 0.3) is 0 Å². The molecule has 5 rings (SSSR count). The van der Waals surface area contributed by atoms with Crippen molar-refractivity contribution in [1.29, 1.82) is 0 Å². The molecule has 0 saturated heterocycles. The molecule has 4 bridgehead atoms. The fraction of sp³-hybridized carbons (Fsp3) is 1.00. The smallest absolute Gasteiger partial charge is 0.0352 e. The fourth-order valence-corrected chi connectivity index (χ4v) is 3.81. The Bertz CT molecular complexity index is 111. The molecule has 5 aliphatic rings. The molecule has 0 heterocycles. The Morgan fingerprint density at radius 2 is 1.00 bits per heavy atom. The molecule has 0 amide bonds. The largest absolute Gasteiger partial charge is 0.0527 e. The van der Waals surface area contributed by atoms with Gasteiger partial charge >= 0.3 is 0 Å². The van der Waals surface area contributed by atoms with Crippen molar-refractivity contribution in [3.8, 4) is 0 Å². The van der Waals surface area contributed by atoms with Crippen molar-refractivity contribution in [2.45, 2.75) is 32.1 Å². The molecule has 0 N–H and O–H groups in total. The van der Waals surface area contributed by atoms with Crippen LogP contribution in [0, 0.1) is 23.7 Å². The lowest BCUT2D eigenvalue weighted by atomic mass is 9.56. The summed E-state index contributed by atoms with van der Waals surface area (Å²) in [5.74, 6) is 4.90. The van der Waals surface area contributed by atoms with Crippen molar-refractivity contribution in [2.24, 2.45) is 23.7 Å². The SMILES string of the molecule is C1CC2C3CCC2C3C1. The van der Waals surface area contributed by atoms with Crippen LogP contribution in [0.15, 0.2) is 0 Å². The first kappa shape index (κ1) is 4.76. The van der Waals surface area contributed by atoms with Crippen LogP contribution >= 0.6 is 0 Å². The highest BCUT2D eigenvalue weighted by Crippen LogP contribution is 2.64. The molecule has 0 atom stereocenters. The van der Waals surface area contributed by atoms with Gasteiger partial charge in [0.15, 0.2) is 0 Å². The van der Waals surface area contributed by atoms with Gasteiger partial charge in [0.05, 0.1) is 0 Å². The van der Waals surface area contributed by atoms with E-state index < -0.39 is 0 Å². The topological polar surface area (TPSA) is 0 Å². The second-order valence-electron chi connectivity index (χ2n) is 4.16. The Hall–Kier alpha value is 0. The van der Waals surface area contributed by atoms with Gasteiger partial charge in [-0.15, -0.1) is 0 Å². The molecule has 0 radical (unpaired) electrons. The van der Waals surface area contributed by atoms with Crippen LogP contribution in [-0.4, -0.2) is 0 Å². The first-order valence-electron chi connectivity index (χ1n) is 4.47. The third kappa shape index (κ3) is 0.395. The molecule has 5 aliphatic carbocycles. The zero-order chi connectivity index (χ0) is 5.84. The van der Waals surface area contributed by atoms with Gasteiger partial charge in [-0.05, 0) is 49.4 Å². The highest BCUT2D eigenvalue weighted by Gasteiger charge is 2.56. The second-order valence-corrected chi connectivity index (χ2v) is 4.16. The second kappa shape index (κ2) is 1.36. The van der Waals surface area contributed by atoms with Gasteiger partial charge in [0.25, 0.3) is 0 Å².